The lowest BCUT2D eigenvalue weighted by atomic mass is 10.1. The molecule has 0 aliphatic heterocycles. The monoisotopic (exact) mass is 488 g/mol. The first-order valence-corrected chi connectivity index (χ1v) is 17.1. The minimum atomic E-state index is -1.18. The predicted octanol–water partition coefficient (Wildman–Crippen LogP) is 1.59. The molecule has 0 amide bonds. The quantitative estimate of drug-likeness (QED) is 0.138. The lowest BCUT2D eigenvalue weighted by Gasteiger charge is -2.40. The summed E-state index contributed by atoms with van der Waals surface area (Å²) in [5.41, 5.74) is 0. The Bertz CT molecular complexity index is 297. The Labute approximate surface area is 192 Å². The maximum Gasteiger partial charge on any atom is 0.174 e. The van der Waals surface area contributed by atoms with Crippen LogP contribution in [0.25, 0.3) is 0 Å². The molecule has 0 radical (unpaired) electrons. The fourth-order valence-electron chi connectivity index (χ4n) is 2.59. The van der Waals surface area contributed by atoms with E-state index in [0.717, 1.165) is 25.4 Å². The first kappa shape index (κ1) is 34.9. The molecule has 2 N–H and O–H groups in total. The van der Waals surface area contributed by atoms with Crippen LogP contribution in [-0.4, -0.2) is 95.7 Å². The summed E-state index contributed by atoms with van der Waals surface area (Å²) < 4.78 is 10.4. The second-order valence-corrected chi connectivity index (χ2v) is 16.7. The predicted molar refractivity (Wildman–Crippen MR) is 135 cm³/mol. The molecule has 0 aliphatic carbocycles. The fraction of sp³-hybridized carbons (Fsp3) is 1.00. The van der Waals surface area contributed by atoms with E-state index in [1.54, 1.807) is 0 Å². The third-order valence-electron chi connectivity index (χ3n) is 5.44. The van der Waals surface area contributed by atoms with Gasteiger partial charge >= 0.3 is 0 Å². The third-order valence-corrected chi connectivity index (χ3v) is 12.9. The van der Waals surface area contributed by atoms with E-state index in [2.05, 4.69) is 57.1 Å². The lowest BCUT2D eigenvalue weighted by molar-refractivity contribution is -0.248. The standard InChI is InChI=1S/C15H40N2O2Si3.2C2H6O2/c1-15(2,9-7-10-16-13-20-18-3)22(5,6)12-8-11-17-14-21-19-4;2*1-3-4-2/h16-17H,7-14,20-21H2,1-6H3;2*1-2H3. The Morgan fingerprint density at radius 3 is 1.47 bits per heavy atom. The number of hydrogen-bond acceptors (Lipinski definition) is 8. The van der Waals surface area contributed by atoms with Gasteiger partial charge in [0, 0.05) is 26.6 Å². The summed E-state index contributed by atoms with van der Waals surface area (Å²) in [5, 5.41) is 7.56. The molecule has 0 aromatic rings. The zero-order valence-electron chi connectivity index (χ0n) is 21.5. The third kappa shape index (κ3) is 24.6. The van der Waals surface area contributed by atoms with Crippen molar-refractivity contribution in [1.29, 1.82) is 0 Å². The topological polar surface area (TPSA) is 79.4 Å². The van der Waals surface area contributed by atoms with Gasteiger partial charge in [-0.2, -0.15) is 0 Å². The molecule has 0 heterocycles. The molecule has 0 aromatic heterocycles. The molecule has 0 aromatic carbocycles. The van der Waals surface area contributed by atoms with Crippen molar-refractivity contribution in [2.24, 2.45) is 0 Å². The van der Waals surface area contributed by atoms with Crippen LogP contribution in [0.3, 0.4) is 0 Å². The summed E-state index contributed by atoms with van der Waals surface area (Å²) in [6, 6.07) is 1.42. The molecule has 0 fully saturated rings. The average molecular weight is 489 g/mol. The number of hydrogen-bond donors (Lipinski definition) is 2. The highest BCUT2D eigenvalue weighted by Crippen LogP contribution is 2.44. The van der Waals surface area contributed by atoms with E-state index in [1.807, 2.05) is 14.2 Å². The van der Waals surface area contributed by atoms with Crippen LogP contribution in [0, 0.1) is 0 Å². The first-order chi connectivity index (χ1) is 14.2. The van der Waals surface area contributed by atoms with Gasteiger partial charge in [-0.15, -0.1) is 0 Å². The van der Waals surface area contributed by atoms with Crippen LogP contribution >= 0.6 is 0 Å². The summed E-state index contributed by atoms with van der Waals surface area (Å²) in [4.78, 5) is 16.2. The average Bonchev–Trinajstić information content (AvgIpc) is 2.73. The van der Waals surface area contributed by atoms with Crippen LogP contribution in [0.15, 0.2) is 0 Å². The normalized spacial score (nSPS) is 12.2. The van der Waals surface area contributed by atoms with Gasteiger partial charge in [0.15, 0.2) is 19.5 Å². The molecule has 0 saturated carbocycles. The van der Waals surface area contributed by atoms with Crippen LogP contribution in [-0.2, 0) is 28.4 Å². The maximum absolute atomic E-state index is 5.20. The van der Waals surface area contributed by atoms with E-state index >= 15 is 0 Å². The van der Waals surface area contributed by atoms with Gasteiger partial charge in [-0.05, 0) is 37.4 Å². The summed E-state index contributed by atoms with van der Waals surface area (Å²) in [6.07, 6.45) is 6.17. The van der Waals surface area contributed by atoms with E-state index in [9.17, 15) is 0 Å². The second-order valence-electron chi connectivity index (χ2n) is 8.13. The zero-order valence-corrected chi connectivity index (χ0v) is 25.3. The second kappa shape index (κ2) is 25.6. The molecule has 0 atom stereocenters. The van der Waals surface area contributed by atoms with Gasteiger partial charge in [0.2, 0.25) is 0 Å². The van der Waals surface area contributed by atoms with Crippen LogP contribution in [0.1, 0.15) is 33.1 Å². The minimum Gasteiger partial charge on any atom is -0.426 e. The van der Waals surface area contributed by atoms with Crippen molar-refractivity contribution >= 4 is 27.6 Å². The van der Waals surface area contributed by atoms with Gasteiger partial charge in [-0.3, -0.25) is 0 Å². The minimum absolute atomic E-state index is 0.301. The van der Waals surface area contributed by atoms with Gasteiger partial charge in [0.25, 0.3) is 0 Å². The maximum atomic E-state index is 5.20. The fourth-order valence-corrected chi connectivity index (χ4v) is 6.37. The summed E-state index contributed by atoms with van der Waals surface area (Å²) in [5.74, 6) is 0. The van der Waals surface area contributed by atoms with Gasteiger partial charge in [0.1, 0.15) is 0 Å². The van der Waals surface area contributed by atoms with Crippen LogP contribution in [0.5, 0.6) is 0 Å². The van der Waals surface area contributed by atoms with E-state index in [0.29, 0.717) is 5.04 Å². The molecular formula is C19H52N2O6Si3. The molecule has 11 heteroatoms. The highest BCUT2D eigenvalue weighted by atomic mass is 28.3. The molecule has 0 unspecified atom stereocenters. The van der Waals surface area contributed by atoms with E-state index in [-0.39, 0.29) is 19.5 Å². The smallest absolute Gasteiger partial charge is 0.174 e. The Balaban J connectivity index is -0.000000771. The van der Waals surface area contributed by atoms with Crippen molar-refractivity contribution in [1.82, 2.24) is 10.6 Å². The van der Waals surface area contributed by atoms with Crippen LogP contribution < -0.4 is 10.6 Å². The van der Waals surface area contributed by atoms with E-state index in [1.165, 1.54) is 53.7 Å². The Morgan fingerprint density at radius 1 is 0.700 bits per heavy atom. The molecule has 0 saturated heterocycles. The van der Waals surface area contributed by atoms with Crippen LogP contribution in [0.4, 0.5) is 0 Å². The van der Waals surface area contributed by atoms with Crippen molar-refractivity contribution < 1.29 is 28.4 Å². The summed E-state index contributed by atoms with van der Waals surface area (Å²) in [6.45, 7) is 12.4. The van der Waals surface area contributed by atoms with Gasteiger partial charge in [-0.25, -0.2) is 19.6 Å². The van der Waals surface area contributed by atoms with E-state index < -0.39 is 8.07 Å². The zero-order chi connectivity index (χ0) is 23.7. The molecule has 186 valence electrons. The van der Waals surface area contributed by atoms with Crippen molar-refractivity contribution in [3.63, 3.8) is 0 Å². The van der Waals surface area contributed by atoms with Crippen molar-refractivity contribution in [3.8, 4) is 0 Å². The molecule has 0 aliphatic rings. The van der Waals surface area contributed by atoms with Crippen molar-refractivity contribution in [2.75, 3.05) is 68.1 Å². The van der Waals surface area contributed by atoms with Crippen molar-refractivity contribution in [3.05, 3.63) is 0 Å². The van der Waals surface area contributed by atoms with Crippen molar-refractivity contribution in [2.45, 2.75) is 57.3 Å². The van der Waals surface area contributed by atoms with Gasteiger partial charge < -0.3 is 19.5 Å². The van der Waals surface area contributed by atoms with Crippen LogP contribution in [0.2, 0.25) is 24.2 Å². The Kier molecular flexibility index (Phi) is 29.8. The molecule has 0 spiro atoms. The highest BCUT2D eigenvalue weighted by molar-refractivity contribution is 6.80. The largest absolute Gasteiger partial charge is 0.426 e. The summed E-state index contributed by atoms with van der Waals surface area (Å²) >= 11 is 0. The lowest BCUT2D eigenvalue weighted by Crippen LogP contribution is -2.40. The SMILES string of the molecule is COOC.COOC.CO[SiH2]CNCCCC(C)(C)[Si](C)(C)CCCNC[SiH2]OC. The Morgan fingerprint density at radius 2 is 1.10 bits per heavy atom. The molecule has 30 heavy (non-hydrogen) atoms. The highest BCUT2D eigenvalue weighted by Gasteiger charge is 2.37. The molecular weight excluding hydrogens is 436 g/mol. The molecule has 0 rings (SSSR count). The molecule has 8 nitrogen and oxygen atoms in total. The Hall–Kier alpha value is 0.331. The number of nitrogens with one attached hydrogen (secondary N) is 2. The van der Waals surface area contributed by atoms with E-state index in [4.69, 9.17) is 8.85 Å². The van der Waals surface area contributed by atoms with Gasteiger partial charge in [-0.1, -0.05) is 33.0 Å². The first-order valence-electron chi connectivity index (χ1n) is 10.7. The van der Waals surface area contributed by atoms with Gasteiger partial charge in [0.05, 0.1) is 36.5 Å². The number of rotatable bonds is 17. The molecule has 0 bridgehead atoms. The summed E-state index contributed by atoms with van der Waals surface area (Å²) in [7, 11) is 7.69.